The lowest BCUT2D eigenvalue weighted by molar-refractivity contribution is -0.137. The van der Waals surface area contributed by atoms with Crippen LogP contribution >= 0.6 is 0 Å². The third kappa shape index (κ3) is 3.96. The zero-order valence-corrected chi connectivity index (χ0v) is 16.9. The van der Waals surface area contributed by atoms with Crippen molar-refractivity contribution in [2.24, 2.45) is 4.99 Å². The Bertz CT molecular complexity index is 954. The number of nitrogens with zero attached hydrogens (tertiary/aromatic N) is 2. The summed E-state index contributed by atoms with van der Waals surface area (Å²) < 4.78 is 11.5. The largest absolute Gasteiger partial charge is 0.494 e. The summed E-state index contributed by atoms with van der Waals surface area (Å²) in [5, 5.41) is 8.86. The van der Waals surface area contributed by atoms with E-state index >= 15 is 0 Å². The molecule has 0 aromatic heterocycles. The summed E-state index contributed by atoms with van der Waals surface area (Å²) in [5.41, 5.74) is 2.11. The summed E-state index contributed by atoms with van der Waals surface area (Å²) in [7, 11) is 0. The number of carbonyl (C=O) groups excluding carboxylic acids is 1. The van der Waals surface area contributed by atoms with E-state index < -0.39 is 5.54 Å². The Morgan fingerprint density at radius 3 is 2.70 bits per heavy atom. The first kappa shape index (κ1) is 20.2. The summed E-state index contributed by atoms with van der Waals surface area (Å²) in [4.78, 5) is 20.1. The van der Waals surface area contributed by atoms with Crippen LogP contribution < -0.4 is 4.74 Å². The maximum atomic E-state index is 13.5. The molecule has 2 aromatic carbocycles. The molecule has 2 aromatic rings. The Balaban J connectivity index is 1.62. The second kappa shape index (κ2) is 8.71. The minimum absolute atomic E-state index is 0.0300. The molecular formula is C24H26N2O4. The van der Waals surface area contributed by atoms with Gasteiger partial charge in [0, 0.05) is 38.1 Å². The number of amides is 1. The average molecular weight is 406 g/mol. The number of benzene rings is 2. The molecule has 0 fully saturated rings. The first-order chi connectivity index (χ1) is 14.6. The number of hydrogen-bond acceptors (Lipinski definition) is 5. The van der Waals surface area contributed by atoms with Crippen molar-refractivity contribution < 1.29 is 19.4 Å². The molecule has 4 rings (SSSR count). The summed E-state index contributed by atoms with van der Waals surface area (Å²) >= 11 is 0. The number of carbonyl (C=O) groups is 1. The zero-order chi connectivity index (χ0) is 21.0. The molecule has 1 spiro atoms. The normalized spacial score (nSPS) is 20.4. The monoisotopic (exact) mass is 406 g/mol. The summed E-state index contributed by atoms with van der Waals surface area (Å²) in [5.74, 6) is 1.16. The second-order valence-corrected chi connectivity index (χ2v) is 7.61. The predicted octanol–water partition coefficient (Wildman–Crippen LogP) is 2.73. The number of aliphatic imine (C=N–C) groups is 1. The Labute approximate surface area is 176 Å². The van der Waals surface area contributed by atoms with Gasteiger partial charge in [-0.3, -0.25) is 4.79 Å². The van der Waals surface area contributed by atoms with Gasteiger partial charge in [-0.25, -0.2) is 4.99 Å². The number of ether oxygens (including phenoxy) is 2. The van der Waals surface area contributed by atoms with Crippen molar-refractivity contribution >= 4 is 11.8 Å². The molecule has 2 aliphatic rings. The van der Waals surface area contributed by atoms with Crippen molar-refractivity contribution in [2.45, 2.75) is 24.9 Å². The van der Waals surface area contributed by atoms with Crippen molar-refractivity contribution in [1.82, 2.24) is 4.90 Å². The molecule has 6 heteroatoms. The smallest absolute Gasteiger partial charge is 0.255 e. The van der Waals surface area contributed by atoms with Crippen LogP contribution in [-0.2, 0) is 22.5 Å². The van der Waals surface area contributed by atoms with E-state index in [1.165, 1.54) is 0 Å². The van der Waals surface area contributed by atoms with Crippen LogP contribution in [-0.4, -0.2) is 53.7 Å². The highest BCUT2D eigenvalue weighted by atomic mass is 16.5. The number of aliphatic hydroxyl groups excluding tert-OH is 1. The Hall–Kier alpha value is -3.12. The summed E-state index contributed by atoms with van der Waals surface area (Å²) in [6, 6.07) is 15.6. The highest BCUT2D eigenvalue weighted by Gasteiger charge is 2.48. The van der Waals surface area contributed by atoms with Crippen LogP contribution in [0.15, 0.2) is 66.2 Å². The molecule has 156 valence electrons. The maximum absolute atomic E-state index is 13.5. The number of rotatable bonds is 7. The number of fused-ring (bicyclic) bond motifs is 1. The summed E-state index contributed by atoms with van der Waals surface area (Å²) in [6.45, 7) is 5.61. The molecular weight excluding hydrogens is 380 g/mol. The van der Waals surface area contributed by atoms with E-state index in [1.807, 2.05) is 36.4 Å². The van der Waals surface area contributed by atoms with Gasteiger partial charge in [0.15, 0.2) is 5.54 Å². The second-order valence-electron chi connectivity index (χ2n) is 7.61. The minimum atomic E-state index is -0.957. The van der Waals surface area contributed by atoms with Crippen LogP contribution in [0.5, 0.6) is 5.75 Å². The molecule has 0 bridgehead atoms. The molecule has 30 heavy (non-hydrogen) atoms. The average Bonchev–Trinajstić information content (AvgIpc) is 3.15. The third-order valence-electron chi connectivity index (χ3n) is 5.43. The van der Waals surface area contributed by atoms with Crippen LogP contribution in [0.4, 0.5) is 0 Å². The molecule has 1 N–H and O–H groups in total. The summed E-state index contributed by atoms with van der Waals surface area (Å²) in [6.07, 6.45) is 2.85. The van der Waals surface area contributed by atoms with Gasteiger partial charge in [-0.05, 0) is 35.4 Å². The minimum Gasteiger partial charge on any atom is -0.494 e. The van der Waals surface area contributed by atoms with E-state index in [1.54, 1.807) is 11.0 Å². The van der Waals surface area contributed by atoms with Crippen LogP contribution in [0.2, 0.25) is 0 Å². The fourth-order valence-electron chi connectivity index (χ4n) is 3.89. The van der Waals surface area contributed by atoms with E-state index in [9.17, 15) is 4.79 Å². The molecule has 0 aliphatic carbocycles. The van der Waals surface area contributed by atoms with Crippen LogP contribution in [0.3, 0.4) is 0 Å². The zero-order valence-electron chi connectivity index (χ0n) is 16.9. The lowest BCUT2D eigenvalue weighted by Gasteiger charge is -2.27. The first-order valence-electron chi connectivity index (χ1n) is 10.2. The number of hydrogen-bond donors (Lipinski definition) is 1. The number of aliphatic hydroxyl groups is 1. The Morgan fingerprint density at radius 2 is 1.97 bits per heavy atom. The highest BCUT2D eigenvalue weighted by Crippen LogP contribution is 2.33. The third-order valence-corrected chi connectivity index (χ3v) is 5.43. The van der Waals surface area contributed by atoms with E-state index in [0.717, 1.165) is 22.4 Å². The molecule has 0 saturated heterocycles. The fourth-order valence-corrected chi connectivity index (χ4v) is 3.89. The van der Waals surface area contributed by atoms with Gasteiger partial charge in [-0.2, -0.15) is 0 Å². The highest BCUT2D eigenvalue weighted by molar-refractivity contribution is 6.00. The molecule has 1 amide bonds. The van der Waals surface area contributed by atoms with Gasteiger partial charge in [0.2, 0.25) is 5.90 Å². The molecule has 6 nitrogen and oxygen atoms in total. The van der Waals surface area contributed by atoms with Gasteiger partial charge < -0.3 is 19.5 Å². The van der Waals surface area contributed by atoms with E-state index in [4.69, 9.17) is 19.6 Å². The van der Waals surface area contributed by atoms with E-state index in [0.29, 0.717) is 38.4 Å². The van der Waals surface area contributed by atoms with Crippen molar-refractivity contribution in [2.75, 3.05) is 26.4 Å². The topological polar surface area (TPSA) is 71.4 Å². The molecule has 0 saturated carbocycles. The van der Waals surface area contributed by atoms with Crippen molar-refractivity contribution in [3.8, 4) is 5.75 Å². The van der Waals surface area contributed by atoms with Gasteiger partial charge >= 0.3 is 0 Å². The van der Waals surface area contributed by atoms with Gasteiger partial charge in [-0.15, -0.1) is 6.58 Å². The van der Waals surface area contributed by atoms with Crippen molar-refractivity contribution in [1.29, 1.82) is 0 Å². The van der Waals surface area contributed by atoms with Crippen molar-refractivity contribution in [3.05, 3.63) is 77.9 Å². The molecule has 0 radical (unpaired) electrons. The SMILES string of the molecule is C=CCN1Cc2ccccc2C[C@@]2(COC(c3ccc(OCCCO)cc3)=N2)C1=O. The lowest BCUT2D eigenvalue weighted by Crippen LogP contribution is -2.48. The molecule has 2 aliphatic heterocycles. The lowest BCUT2D eigenvalue weighted by atomic mass is 9.91. The predicted molar refractivity (Wildman–Crippen MR) is 115 cm³/mol. The van der Waals surface area contributed by atoms with E-state index in [2.05, 4.69) is 18.7 Å². The van der Waals surface area contributed by atoms with Crippen LogP contribution in [0.25, 0.3) is 0 Å². The van der Waals surface area contributed by atoms with Crippen molar-refractivity contribution in [3.63, 3.8) is 0 Å². The van der Waals surface area contributed by atoms with Gasteiger partial charge in [0.1, 0.15) is 12.4 Å². The molecule has 0 unspecified atom stereocenters. The van der Waals surface area contributed by atoms with Crippen LogP contribution in [0, 0.1) is 0 Å². The van der Waals surface area contributed by atoms with Gasteiger partial charge in [0.25, 0.3) is 5.91 Å². The first-order valence-corrected chi connectivity index (χ1v) is 10.2. The molecule has 1 atom stereocenters. The standard InChI is InChI=1S/C24H26N2O4/c1-2-12-26-16-20-7-4-3-6-19(20)15-24(23(26)28)17-30-22(25-24)18-8-10-21(11-9-18)29-14-5-13-27/h2-4,6-11,27H,1,5,12-17H2/t24-/m1/s1. The van der Waals surface area contributed by atoms with E-state index in [-0.39, 0.29) is 19.1 Å². The van der Waals surface area contributed by atoms with Gasteiger partial charge in [-0.1, -0.05) is 30.3 Å². The Kier molecular flexibility index (Phi) is 5.86. The Morgan fingerprint density at radius 1 is 1.20 bits per heavy atom. The maximum Gasteiger partial charge on any atom is 0.255 e. The molecule has 2 heterocycles. The van der Waals surface area contributed by atoms with Gasteiger partial charge in [0.05, 0.1) is 6.61 Å². The fraction of sp³-hybridized carbons (Fsp3) is 0.333. The van der Waals surface area contributed by atoms with Crippen LogP contribution in [0.1, 0.15) is 23.1 Å². The quantitative estimate of drug-likeness (QED) is 0.567.